The van der Waals surface area contributed by atoms with Gasteiger partial charge in [-0.15, -0.1) is 0 Å². The molecule has 1 aliphatic rings. The molecule has 0 aliphatic carbocycles. The van der Waals surface area contributed by atoms with Crippen LogP contribution < -0.4 is 0 Å². The van der Waals surface area contributed by atoms with E-state index >= 15 is 0 Å². The van der Waals surface area contributed by atoms with Crippen LogP contribution in [0, 0.1) is 0 Å². The fourth-order valence-corrected chi connectivity index (χ4v) is 4.30. The number of benzene rings is 1. The van der Waals surface area contributed by atoms with Crippen LogP contribution in [0.15, 0.2) is 29.2 Å². The average Bonchev–Trinajstić information content (AvgIpc) is 3.05. The fraction of sp³-hybridized carbons (Fsp3) is 0.412. The highest BCUT2D eigenvalue weighted by atomic mass is 32.2. The van der Waals surface area contributed by atoms with Gasteiger partial charge in [0, 0.05) is 30.8 Å². The Hall–Kier alpha value is -2.19. The Bertz CT molecular complexity index is 872. The number of carbonyl (C=O) groups is 1. The third kappa shape index (κ3) is 3.32. The smallest absolute Gasteiger partial charge is 0.359 e. The van der Waals surface area contributed by atoms with E-state index in [1.807, 2.05) is 19.1 Å². The summed E-state index contributed by atoms with van der Waals surface area (Å²) >= 11 is 0. The molecule has 2 aromatic rings. The van der Waals surface area contributed by atoms with E-state index < -0.39 is 16.0 Å². The zero-order valence-electron chi connectivity index (χ0n) is 14.3. The van der Waals surface area contributed by atoms with Gasteiger partial charge in [-0.3, -0.25) is 5.10 Å². The molecule has 1 aromatic carbocycles. The van der Waals surface area contributed by atoms with Crippen molar-refractivity contribution in [2.45, 2.75) is 38.1 Å². The summed E-state index contributed by atoms with van der Waals surface area (Å²) in [5.74, 6) is -0.536. The fourth-order valence-electron chi connectivity index (χ4n) is 2.89. The van der Waals surface area contributed by atoms with Gasteiger partial charge in [-0.05, 0) is 31.0 Å². The summed E-state index contributed by atoms with van der Waals surface area (Å²) in [5, 5.41) is 6.83. The lowest BCUT2D eigenvalue weighted by atomic mass is 10.1. The minimum absolute atomic E-state index is 0.109. The first kappa shape index (κ1) is 17.6. The molecule has 0 radical (unpaired) electrons. The number of aromatic nitrogens is 2. The molecule has 1 aliphatic heterocycles. The summed E-state index contributed by atoms with van der Waals surface area (Å²) in [4.78, 5) is 12.3. The maximum absolute atomic E-state index is 12.9. The lowest BCUT2D eigenvalue weighted by molar-refractivity contribution is 0.0517. The highest BCUT2D eigenvalue weighted by Crippen LogP contribution is 2.26. The van der Waals surface area contributed by atoms with Crippen LogP contribution in [-0.4, -0.2) is 42.0 Å². The van der Waals surface area contributed by atoms with Crippen molar-refractivity contribution in [3.8, 4) is 0 Å². The molecule has 0 bridgehead atoms. The van der Waals surface area contributed by atoms with Gasteiger partial charge in [0.2, 0.25) is 10.0 Å². The maximum Gasteiger partial charge on any atom is 0.359 e. The number of nitrogens with zero attached hydrogens (tertiary/aromatic N) is 2. The second-order valence-corrected chi connectivity index (χ2v) is 7.77. The SMILES string of the molecule is CCOC(=O)c1n[nH]c2c1CN(S(=O)(=O)c1ccc(CC)cc1)CC2. The Labute approximate surface area is 147 Å². The molecule has 7 nitrogen and oxygen atoms in total. The van der Waals surface area contributed by atoms with Crippen LogP contribution in [0.4, 0.5) is 0 Å². The average molecular weight is 363 g/mol. The number of nitrogens with one attached hydrogen (secondary N) is 1. The number of H-pyrrole nitrogens is 1. The molecular weight excluding hydrogens is 342 g/mol. The van der Waals surface area contributed by atoms with Gasteiger partial charge < -0.3 is 4.74 Å². The minimum atomic E-state index is -3.62. The van der Waals surface area contributed by atoms with Crippen molar-refractivity contribution in [3.05, 3.63) is 46.8 Å². The Morgan fingerprint density at radius 1 is 1.28 bits per heavy atom. The number of hydrogen-bond acceptors (Lipinski definition) is 5. The van der Waals surface area contributed by atoms with Crippen LogP contribution in [0.25, 0.3) is 0 Å². The molecule has 0 unspecified atom stereocenters. The topological polar surface area (TPSA) is 92.4 Å². The zero-order valence-corrected chi connectivity index (χ0v) is 15.1. The first-order chi connectivity index (χ1) is 12.0. The third-order valence-electron chi connectivity index (χ3n) is 4.34. The van der Waals surface area contributed by atoms with Gasteiger partial charge in [0.25, 0.3) is 0 Å². The molecule has 25 heavy (non-hydrogen) atoms. The number of aryl methyl sites for hydroxylation is 1. The molecule has 1 N–H and O–H groups in total. The molecule has 0 atom stereocenters. The Morgan fingerprint density at radius 3 is 2.64 bits per heavy atom. The van der Waals surface area contributed by atoms with E-state index in [1.165, 1.54) is 4.31 Å². The van der Waals surface area contributed by atoms with E-state index in [0.717, 1.165) is 17.7 Å². The van der Waals surface area contributed by atoms with Gasteiger partial charge in [-0.1, -0.05) is 19.1 Å². The number of hydrogen-bond donors (Lipinski definition) is 1. The summed E-state index contributed by atoms with van der Waals surface area (Å²) in [7, 11) is -3.62. The molecule has 0 fully saturated rings. The van der Waals surface area contributed by atoms with E-state index in [-0.39, 0.29) is 23.7 Å². The van der Waals surface area contributed by atoms with E-state index in [4.69, 9.17) is 4.74 Å². The molecular formula is C17H21N3O4S. The summed E-state index contributed by atoms with van der Waals surface area (Å²) in [6.07, 6.45) is 1.33. The van der Waals surface area contributed by atoms with Gasteiger partial charge in [-0.25, -0.2) is 13.2 Å². The Morgan fingerprint density at radius 2 is 2.00 bits per heavy atom. The monoisotopic (exact) mass is 363 g/mol. The number of ether oxygens (including phenoxy) is 1. The Kier molecular flexibility index (Phi) is 4.91. The molecule has 0 saturated heterocycles. The van der Waals surface area contributed by atoms with E-state index in [9.17, 15) is 13.2 Å². The number of carbonyl (C=O) groups excluding carboxylic acids is 1. The summed E-state index contributed by atoms with van der Waals surface area (Å²) < 4.78 is 32.2. The van der Waals surface area contributed by atoms with Crippen LogP contribution in [0.2, 0.25) is 0 Å². The quantitative estimate of drug-likeness (QED) is 0.819. The normalized spacial score (nSPS) is 15.0. The van der Waals surface area contributed by atoms with E-state index in [2.05, 4.69) is 10.2 Å². The standard InChI is InChI=1S/C17H21N3O4S/c1-3-12-5-7-13(8-6-12)25(22,23)20-10-9-15-14(11-20)16(19-18-15)17(21)24-4-2/h5-8H,3-4,9-11H2,1-2H3,(H,18,19). The molecule has 1 aromatic heterocycles. The molecule has 8 heteroatoms. The minimum Gasteiger partial charge on any atom is -0.461 e. The number of rotatable bonds is 5. The molecule has 0 amide bonds. The summed E-state index contributed by atoms with van der Waals surface area (Å²) in [5.41, 5.74) is 2.63. The lowest BCUT2D eigenvalue weighted by Gasteiger charge is -2.26. The van der Waals surface area contributed by atoms with Crippen LogP contribution in [0.5, 0.6) is 0 Å². The highest BCUT2D eigenvalue weighted by Gasteiger charge is 2.32. The third-order valence-corrected chi connectivity index (χ3v) is 6.20. The lowest BCUT2D eigenvalue weighted by Crippen LogP contribution is -2.36. The predicted octanol–water partition coefficient (Wildman–Crippen LogP) is 1.90. The second-order valence-electron chi connectivity index (χ2n) is 5.84. The molecule has 0 saturated carbocycles. The first-order valence-corrected chi connectivity index (χ1v) is 9.73. The van der Waals surface area contributed by atoms with Crippen molar-refractivity contribution in [2.75, 3.05) is 13.2 Å². The van der Waals surface area contributed by atoms with Crippen molar-refractivity contribution in [1.82, 2.24) is 14.5 Å². The van der Waals surface area contributed by atoms with Crippen molar-refractivity contribution in [3.63, 3.8) is 0 Å². The predicted molar refractivity (Wildman–Crippen MR) is 91.7 cm³/mol. The summed E-state index contributed by atoms with van der Waals surface area (Å²) in [6.45, 7) is 4.43. The van der Waals surface area contributed by atoms with Gasteiger partial charge in [0.1, 0.15) is 0 Å². The zero-order chi connectivity index (χ0) is 18.0. The van der Waals surface area contributed by atoms with E-state index in [1.54, 1.807) is 19.1 Å². The van der Waals surface area contributed by atoms with Crippen LogP contribution >= 0.6 is 0 Å². The number of fused-ring (bicyclic) bond motifs is 1. The second kappa shape index (κ2) is 6.97. The van der Waals surface area contributed by atoms with Gasteiger partial charge >= 0.3 is 5.97 Å². The van der Waals surface area contributed by atoms with Crippen LogP contribution in [-0.2, 0) is 34.1 Å². The van der Waals surface area contributed by atoms with Gasteiger partial charge in [-0.2, -0.15) is 9.40 Å². The largest absolute Gasteiger partial charge is 0.461 e. The molecule has 2 heterocycles. The highest BCUT2D eigenvalue weighted by molar-refractivity contribution is 7.89. The van der Waals surface area contributed by atoms with Crippen LogP contribution in [0.1, 0.15) is 41.2 Å². The van der Waals surface area contributed by atoms with Crippen molar-refractivity contribution >= 4 is 16.0 Å². The summed E-state index contributed by atoms with van der Waals surface area (Å²) in [6, 6.07) is 6.91. The molecule has 134 valence electrons. The maximum atomic E-state index is 12.9. The van der Waals surface area contributed by atoms with Gasteiger partial charge in [0.15, 0.2) is 5.69 Å². The van der Waals surface area contributed by atoms with E-state index in [0.29, 0.717) is 18.5 Å². The molecule has 3 rings (SSSR count). The first-order valence-electron chi connectivity index (χ1n) is 8.29. The van der Waals surface area contributed by atoms with Crippen molar-refractivity contribution in [2.24, 2.45) is 0 Å². The van der Waals surface area contributed by atoms with Crippen molar-refractivity contribution < 1.29 is 17.9 Å². The van der Waals surface area contributed by atoms with Gasteiger partial charge in [0.05, 0.1) is 11.5 Å². The van der Waals surface area contributed by atoms with Crippen molar-refractivity contribution in [1.29, 1.82) is 0 Å². The number of esters is 1. The molecule has 0 spiro atoms. The number of aromatic amines is 1. The van der Waals surface area contributed by atoms with Crippen LogP contribution in [0.3, 0.4) is 0 Å². The Balaban J connectivity index is 1.88. The number of sulfonamides is 1.